The van der Waals surface area contributed by atoms with Crippen molar-refractivity contribution in [3.63, 3.8) is 0 Å². The third kappa shape index (κ3) is 2.54. The first-order valence-electron chi connectivity index (χ1n) is 6.62. The van der Waals surface area contributed by atoms with Gasteiger partial charge in [-0.05, 0) is 6.92 Å². The second-order valence-corrected chi connectivity index (χ2v) is 6.19. The molecule has 0 saturated carbocycles. The van der Waals surface area contributed by atoms with Gasteiger partial charge < -0.3 is 5.11 Å². The summed E-state index contributed by atoms with van der Waals surface area (Å²) in [6.07, 6.45) is 0.0502. The van der Waals surface area contributed by atoms with Gasteiger partial charge in [-0.2, -0.15) is 0 Å². The molecular formula is C15H14N2O3S. The molecule has 1 unspecified atom stereocenters. The van der Waals surface area contributed by atoms with Crippen LogP contribution in [0.4, 0.5) is 5.13 Å². The van der Waals surface area contributed by atoms with Crippen molar-refractivity contribution in [3.8, 4) is 11.3 Å². The number of aryl methyl sites for hydroxylation is 1. The Kier molecular flexibility index (Phi) is 3.47. The number of nitrogens with zero attached hydrogens (tertiary/aromatic N) is 2. The van der Waals surface area contributed by atoms with E-state index < -0.39 is 11.9 Å². The zero-order valence-electron chi connectivity index (χ0n) is 11.4. The Balaban J connectivity index is 1.91. The average Bonchev–Trinajstić information content (AvgIpc) is 3.03. The van der Waals surface area contributed by atoms with Crippen LogP contribution in [0, 0.1) is 12.8 Å². The Morgan fingerprint density at radius 2 is 2.10 bits per heavy atom. The number of carboxylic acids is 1. The largest absolute Gasteiger partial charge is 0.481 e. The second-order valence-electron chi connectivity index (χ2n) is 5.01. The lowest BCUT2D eigenvalue weighted by Crippen LogP contribution is -2.25. The first-order chi connectivity index (χ1) is 10.1. The molecule has 1 fully saturated rings. The van der Waals surface area contributed by atoms with Crippen molar-refractivity contribution in [1.29, 1.82) is 0 Å². The van der Waals surface area contributed by atoms with Gasteiger partial charge in [0.05, 0.1) is 11.6 Å². The van der Waals surface area contributed by atoms with Crippen LogP contribution >= 0.6 is 11.3 Å². The number of carboxylic acid groups (broad SMARTS) is 1. The Bertz CT molecular complexity index is 696. The summed E-state index contributed by atoms with van der Waals surface area (Å²) in [6, 6.07) is 9.76. The second kappa shape index (κ2) is 5.29. The molecule has 1 amide bonds. The van der Waals surface area contributed by atoms with Crippen LogP contribution in [0.2, 0.25) is 0 Å². The molecule has 21 heavy (non-hydrogen) atoms. The summed E-state index contributed by atoms with van der Waals surface area (Å²) in [7, 11) is 0. The Morgan fingerprint density at radius 3 is 2.71 bits per heavy atom. The zero-order valence-corrected chi connectivity index (χ0v) is 12.3. The molecule has 1 N–H and O–H groups in total. The first kappa shape index (κ1) is 13.8. The van der Waals surface area contributed by atoms with Crippen molar-refractivity contribution in [2.45, 2.75) is 13.3 Å². The van der Waals surface area contributed by atoms with Gasteiger partial charge in [0.2, 0.25) is 5.91 Å². The summed E-state index contributed by atoms with van der Waals surface area (Å²) in [5.41, 5.74) is 1.85. The number of benzene rings is 1. The Morgan fingerprint density at radius 1 is 1.38 bits per heavy atom. The number of carbonyl (C=O) groups is 2. The normalized spacial score (nSPS) is 18.2. The Hall–Kier alpha value is -2.21. The molecule has 1 aliphatic heterocycles. The van der Waals surface area contributed by atoms with Crippen LogP contribution in [0.5, 0.6) is 0 Å². The van der Waals surface area contributed by atoms with Gasteiger partial charge in [-0.15, -0.1) is 11.3 Å². The summed E-state index contributed by atoms with van der Waals surface area (Å²) in [6.45, 7) is 2.16. The van der Waals surface area contributed by atoms with Crippen molar-refractivity contribution >= 4 is 28.3 Å². The van der Waals surface area contributed by atoms with Crippen molar-refractivity contribution in [2.24, 2.45) is 5.92 Å². The van der Waals surface area contributed by atoms with Crippen molar-refractivity contribution < 1.29 is 14.7 Å². The fourth-order valence-electron chi connectivity index (χ4n) is 2.42. The topological polar surface area (TPSA) is 70.5 Å². The van der Waals surface area contributed by atoms with Crippen molar-refractivity contribution in [3.05, 3.63) is 35.2 Å². The van der Waals surface area contributed by atoms with Crippen molar-refractivity contribution in [2.75, 3.05) is 11.4 Å². The monoisotopic (exact) mass is 302 g/mol. The van der Waals surface area contributed by atoms with Crippen LogP contribution in [0.3, 0.4) is 0 Å². The summed E-state index contributed by atoms with van der Waals surface area (Å²) in [4.78, 5) is 30.0. The summed E-state index contributed by atoms with van der Waals surface area (Å²) in [5, 5.41) is 9.62. The molecule has 108 valence electrons. The third-order valence-electron chi connectivity index (χ3n) is 3.54. The molecule has 1 aromatic carbocycles. The van der Waals surface area contributed by atoms with E-state index in [9.17, 15) is 9.59 Å². The number of thiazole rings is 1. The standard InChI is InChI=1S/C15H14N2O3S/c1-9-13(10-5-3-2-4-6-10)16-15(21-9)17-8-11(14(19)20)7-12(17)18/h2-6,11H,7-8H2,1H3,(H,19,20). The fourth-order valence-corrected chi connectivity index (χ4v) is 3.38. The SMILES string of the molecule is Cc1sc(N2CC(C(=O)O)CC2=O)nc1-c1ccccc1. The lowest BCUT2D eigenvalue weighted by atomic mass is 10.1. The molecule has 5 nitrogen and oxygen atoms in total. The molecule has 1 atom stereocenters. The molecule has 1 saturated heterocycles. The first-order valence-corrected chi connectivity index (χ1v) is 7.44. The zero-order chi connectivity index (χ0) is 15.0. The van der Waals surface area contributed by atoms with Crippen LogP contribution in [0.15, 0.2) is 30.3 Å². The number of anilines is 1. The molecule has 2 aromatic rings. The lowest BCUT2D eigenvalue weighted by molar-refractivity contribution is -0.141. The predicted octanol–water partition coefficient (Wildman–Crippen LogP) is 2.56. The summed E-state index contributed by atoms with van der Waals surface area (Å²) in [5.74, 6) is -1.74. The van der Waals surface area contributed by atoms with Gasteiger partial charge in [-0.1, -0.05) is 30.3 Å². The molecule has 3 rings (SSSR count). The number of rotatable bonds is 3. The summed E-state index contributed by atoms with van der Waals surface area (Å²) < 4.78 is 0. The van der Waals surface area contributed by atoms with Gasteiger partial charge in [-0.3, -0.25) is 14.5 Å². The average molecular weight is 302 g/mol. The highest BCUT2D eigenvalue weighted by atomic mass is 32.1. The molecule has 0 spiro atoms. The smallest absolute Gasteiger partial charge is 0.308 e. The van der Waals surface area contributed by atoms with Gasteiger partial charge >= 0.3 is 5.97 Å². The third-order valence-corrected chi connectivity index (χ3v) is 4.53. The van der Waals surface area contributed by atoms with Gasteiger partial charge in [0.1, 0.15) is 0 Å². The fraction of sp³-hybridized carbons (Fsp3) is 0.267. The molecular weight excluding hydrogens is 288 g/mol. The van der Waals surface area contributed by atoms with Crippen molar-refractivity contribution in [1.82, 2.24) is 4.98 Å². The lowest BCUT2D eigenvalue weighted by Gasteiger charge is -2.11. The van der Waals surface area contributed by atoms with E-state index in [0.717, 1.165) is 16.1 Å². The molecule has 0 bridgehead atoms. The van der Waals surface area contributed by atoms with Crippen LogP contribution in [-0.4, -0.2) is 28.5 Å². The highest BCUT2D eigenvalue weighted by molar-refractivity contribution is 7.16. The highest BCUT2D eigenvalue weighted by Crippen LogP contribution is 2.35. The number of aromatic nitrogens is 1. The minimum Gasteiger partial charge on any atom is -0.481 e. The maximum atomic E-state index is 12.0. The number of amides is 1. The number of aliphatic carboxylic acids is 1. The van der Waals surface area contributed by atoms with Gasteiger partial charge in [-0.25, -0.2) is 4.98 Å². The van der Waals surface area contributed by atoms with E-state index in [0.29, 0.717) is 5.13 Å². The summed E-state index contributed by atoms with van der Waals surface area (Å²) >= 11 is 1.43. The van der Waals surface area contributed by atoms with Crippen LogP contribution in [0.25, 0.3) is 11.3 Å². The molecule has 2 heterocycles. The minimum atomic E-state index is -0.928. The van der Waals surface area contributed by atoms with Gasteiger partial charge in [0, 0.05) is 23.4 Å². The predicted molar refractivity (Wildman–Crippen MR) is 80.4 cm³/mol. The van der Waals surface area contributed by atoms with Gasteiger partial charge in [0.25, 0.3) is 0 Å². The Labute approximate surface area is 125 Å². The molecule has 1 aliphatic rings. The van der Waals surface area contributed by atoms with Crippen LogP contribution in [0.1, 0.15) is 11.3 Å². The quantitative estimate of drug-likeness (QED) is 0.946. The van der Waals surface area contributed by atoms with Crippen LogP contribution < -0.4 is 4.90 Å². The maximum Gasteiger partial charge on any atom is 0.308 e. The number of carbonyl (C=O) groups excluding carboxylic acids is 1. The molecule has 0 aliphatic carbocycles. The molecule has 1 aromatic heterocycles. The van der Waals surface area contributed by atoms with E-state index in [1.807, 2.05) is 37.3 Å². The number of hydrogen-bond donors (Lipinski definition) is 1. The molecule has 0 radical (unpaired) electrons. The number of hydrogen-bond acceptors (Lipinski definition) is 4. The van der Waals surface area contributed by atoms with Crippen LogP contribution in [-0.2, 0) is 9.59 Å². The van der Waals surface area contributed by atoms with E-state index in [1.165, 1.54) is 16.2 Å². The maximum absolute atomic E-state index is 12.0. The van der Waals surface area contributed by atoms with E-state index >= 15 is 0 Å². The highest BCUT2D eigenvalue weighted by Gasteiger charge is 2.36. The van der Waals surface area contributed by atoms with E-state index in [2.05, 4.69) is 4.98 Å². The van der Waals surface area contributed by atoms with E-state index in [4.69, 9.17) is 5.11 Å². The molecule has 6 heteroatoms. The van der Waals surface area contributed by atoms with Gasteiger partial charge in [0.15, 0.2) is 5.13 Å². The van der Waals surface area contributed by atoms with E-state index in [-0.39, 0.29) is 18.9 Å². The minimum absolute atomic E-state index is 0.0502. The van der Waals surface area contributed by atoms with E-state index in [1.54, 1.807) is 0 Å².